The molecule has 36 heavy (non-hydrogen) atoms. The molecule has 0 spiro atoms. The molecule has 1 aliphatic heterocycles. The second-order valence-electron chi connectivity index (χ2n) is 10.5. The molecule has 1 saturated heterocycles. The summed E-state index contributed by atoms with van der Waals surface area (Å²) in [7, 11) is 0. The second kappa shape index (κ2) is 13.3. The maximum atomic E-state index is 13.4. The number of amides is 1. The molecule has 0 aromatic heterocycles. The monoisotopic (exact) mass is 520 g/mol. The Morgan fingerprint density at radius 1 is 1.11 bits per heavy atom. The maximum absolute atomic E-state index is 13.4. The molecule has 3 atom stereocenters. The van der Waals surface area contributed by atoms with Gasteiger partial charge in [0.05, 0.1) is 11.8 Å². The average molecular weight is 521 g/mol. The topological polar surface area (TPSA) is 94.2 Å². The predicted octanol–water partition coefficient (Wildman–Crippen LogP) is 4.30. The summed E-state index contributed by atoms with van der Waals surface area (Å²) in [6, 6.07) is 8.68. The Bertz CT molecular complexity index is 869. The van der Waals surface area contributed by atoms with Gasteiger partial charge in [0, 0.05) is 12.3 Å². The highest BCUT2D eigenvalue weighted by atomic mass is 32.2. The molecule has 8 nitrogen and oxygen atoms in total. The first-order valence-electron chi connectivity index (χ1n) is 12.9. The quantitative estimate of drug-likeness (QED) is 0.482. The number of esters is 1. The van der Waals surface area contributed by atoms with E-state index >= 15 is 0 Å². The smallest absolute Gasteiger partial charge is 0.461 e. The standard InChI is InChI=1S/C27H40N2O6S/c1-19(24(30)29-16-17-36-18-23(29)34-26(32)35-27(2,3)4)28-22(15-14-20-10-6-5-7-11-20)25(31)33-21-12-8-9-13-21/h5-7,10-11,19,21-23,28H,8-9,12-18H2,1-4H3/t19-,22?,23?/m0/s1. The molecule has 200 valence electrons. The molecule has 2 unspecified atom stereocenters. The predicted molar refractivity (Wildman–Crippen MR) is 140 cm³/mol. The lowest BCUT2D eigenvalue weighted by Gasteiger charge is -2.37. The van der Waals surface area contributed by atoms with Crippen LogP contribution in [0, 0.1) is 0 Å². The number of ether oxygens (including phenoxy) is 3. The van der Waals surface area contributed by atoms with E-state index in [1.807, 2.05) is 30.3 Å². The number of benzene rings is 1. The molecule has 9 heteroatoms. The molecule has 0 bridgehead atoms. The van der Waals surface area contributed by atoms with Gasteiger partial charge in [-0.2, -0.15) is 11.8 Å². The van der Waals surface area contributed by atoms with Gasteiger partial charge in [0.25, 0.3) is 0 Å². The summed E-state index contributed by atoms with van der Waals surface area (Å²) in [4.78, 5) is 40.3. The SMILES string of the molecule is C[C@H](NC(CCc1ccccc1)C(=O)OC1CCCC1)C(=O)N1CCSCC1OC(=O)OC(C)(C)C. The van der Waals surface area contributed by atoms with E-state index in [2.05, 4.69) is 5.32 Å². The lowest BCUT2D eigenvalue weighted by molar-refractivity contribution is -0.152. The Balaban J connectivity index is 1.64. The molecular formula is C27H40N2O6S. The van der Waals surface area contributed by atoms with Gasteiger partial charge in [-0.3, -0.25) is 14.9 Å². The molecular weight excluding hydrogens is 480 g/mol. The Morgan fingerprint density at radius 3 is 2.47 bits per heavy atom. The average Bonchev–Trinajstić information content (AvgIpc) is 3.34. The van der Waals surface area contributed by atoms with E-state index in [1.165, 1.54) is 0 Å². The first kappa shape index (κ1) is 28.3. The van der Waals surface area contributed by atoms with E-state index < -0.39 is 30.1 Å². The van der Waals surface area contributed by atoms with Crippen molar-refractivity contribution in [2.24, 2.45) is 0 Å². The van der Waals surface area contributed by atoms with Crippen molar-refractivity contribution in [1.29, 1.82) is 0 Å². The van der Waals surface area contributed by atoms with Crippen LogP contribution in [0.4, 0.5) is 4.79 Å². The Labute approximate surface area is 218 Å². The summed E-state index contributed by atoms with van der Waals surface area (Å²) in [5.74, 6) is 0.683. The molecule has 1 amide bonds. The van der Waals surface area contributed by atoms with Crippen LogP contribution in [0.5, 0.6) is 0 Å². The van der Waals surface area contributed by atoms with Gasteiger partial charge in [0.1, 0.15) is 17.7 Å². The summed E-state index contributed by atoms with van der Waals surface area (Å²) in [6.07, 6.45) is 3.56. The molecule has 1 aromatic carbocycles. The molecule has 1 heterocycles. The van der Waals surface area contributed by atoms with Crippen molar-refractivity contribution < 1.29 is 28.6 Å². The van der Waals surface area contributed by atoms with Gasteiger partial charge in [-0.25, -0.2) is 4.79 Å². The number of nitrogens with zero attached hydrogens (tertiary/aromatic N) is 1. The van der Waals surface area contributed by atoms with E-state index in [9.17, 15) is 14.4 Å². The minimum absolute atomic E-state index is 0.0461. The molecule has 1 N–H and O–H groups in total. The molecule has 2 aliphatic rings. The fourth-order valence-electron chi connectivity index (χ4n) is 4.42. The van der Waals surface area contributed by atoms with E-state index in [0.717, 1.165) is 37.0 Å². The Hall–Kier alpha value is -2.26. The fraction of sp³-hybridized carbons (Fsp3) is 0.667. The number of aryl methyl sites for hydroxylation is 1. The van der Waals surface area contributed by atoms with Gasteiger partial charge in [-0.15, -0.1) is 0 Å². The van der Waals surface area contributed by atoms with Gasteiger partial charge in [0.2, 0.25) is 5.91 Å². The van der Waals surface area contributed by atoms with Gasteiger partial charge in [0.15, 0.2) is 6.23 Å². The van der Waals surface area contributed by atoms with E-state index in [4.69, 9.17) is 14.2 Å². The molecule has 3 rings (SSSR count). The van der Waals surface area contributed by atoms with E-state index in [-0.39, 0.29) is 18.0 Å². The van der Waals surface area contributed by atoms with Gasteiger partial charge in [-0.1, -0.05) is 30.3 Å². The lowest BCUT2D eigenvalue weighted by Crippen LogP contribution is -2.56. The number of rotatable bonds is 9. The van der Waals surface area contributed by atoms with Crippen LogP contribution in [0.2, 0.25) is 0 Å². The van der Waals surface area contributed by atoms with Crippen LogP contribution >= 0.6 is 11.8 Å². The first-order chi connectivity index (χ1) is 17.1. The van der Waals surface area contributed by atoms with Crippen molar-refractivity contribution in [1.82, 2.24) is 10.2 Å². The largest absolute Gasteiger partial charge is 0.510 e. The highest BCUT2D eigenvalue weighted by Gasteiger charge is 2.36. The molecule has 2 fully saturated rings. The third kappa shape index (κ3) is 9.00. The molecule has 0 radical (unpaired) electrons. The zero-order valence-electron chi connectivity index (χ0n) is 21.9. The van der Waals surface area contributed by atoms with Gasteiger partial charge in [-0.05, 0) is 71.8 Å². The van der Waals surface area contributed by atoms with Gasteiger partial charge >= 0.3 is 12.1 Å². The van der Waals surface area contributed by atoms with Crippen LogP contribution in [0.1, 0.15) is 65.4 Å². The van der Waals surface area contributed by atoms with Crippen LogP contribution in [0.15, 0.2) is 30.3 Å². The minimum Gasteiger partial charge on any atom is -0.461 e. The van der Waals surface area contributed by atoms with Crippen molar-refractivity contribution in [2.75, 3.05) is 18.1 Å². The lowest BCUT2D eigenvalue weighted by atomic mass is 10.0. The van der Waals surface area contributed by atoms with E-state index in [1.54, 1.807) is 44.4 Å². The van der Waals surface area contributed by atoms with Crippen LogP contribution in [0.25, 0.3) is 0 Å². The zero-order chi connectivity index (χ0) is 26.1. The van der Waals surface area contributed by atoms with Gasteiger partial charge < -0.3 is 19.1 Å². The molecule has 1 aromatic rings. The first-order valence-corrected chi connectivity index (χ1v) is 14.1. The van der Waals surface area contributed by atoms with Crippen molar-refractivity contribution in [3.63, 3.8) is 0 Å². The highest BCUT2D eigenvalue weighted by molar-refractivity contribution is 7.99. The number of hydrogen-bond acceptors (Lipinski definition) is 8. The molecule has 1 aliphatic carbocycles. The highest BCUT2D eigenvalue weighted by Crippen LogP contribution is 2.23. The number of nitrogens with one attached hydrogen (secondary N) is 1. The number of thioether (sulfide) groups is 1. The van der Waals surface area contributed by atoms with Crippen molar-refractivity contribution >= 4 is 29.8 Å². The second-order valence-corrected chi connectivity index (χ2v) is 11.6. The fourth-order valence-corrected chi connectivity index (χ4v) is 5.36. The maximum Gasteiger partial charge on any atom is 0.510 e. The van der Waals surface area contributed by atoms with Crippen LogP contribution in [0.3, 0.4) is 0 Å². The van der Waals surface area contributed by atoms with Crippen LogP contribution < -0.4 is 5.32 Å². The van der Waals surface area contributed by atoms with Crippen LogP contribution in [-0.2, 0) is 30.2 Å². The van der Waals surface area contributed by atoms with Crippen molar-refractivity contribution in [3.8, 4) is 0 Å². The zero-order valence-corrected chi connectivity index (χ0v) is 22.7. The number of carbonyl (C=O) groups is 3. The summed E-state index contributed by atoms with van der Waals surface area (Å²) in [5.41, 5.74) is 0.435. The minimum atomic E-state index is -0.797. The van der Waals surface area contributed by atoms with Crippen molar-refractivity contribution in [3.05, 3.63) is 35.9 Å². The normalized spacial score (nSPS) is 20.4. The summed E-state index contributed by atoms with van der Waals surface area (Å²) < 4.78 is 16.6. The van der Waals surface area contributed by atoms with Crippen LogP contribution in [-0.4, -0.2) is 71.0 Å². The molecule has 1 saturated carbocycles. The summed E-state index contributed by atoms with van der Waals surface area (Å²) >= 11 is 1.62. The number of hydrogen-bond donors (Lipinski definition) is 1. The third-order valence-electron chi connectivity index (χ3n) is 6.25. The summed E-state index contributed by atoms with van der Waals surface area (Å²) in [6.45, 7) is 7.48. The third-order valence-corrected chi connectivity index (χ3v) is 7.24. The van der Waals surface area contributed by atoms with Crippen molar-refractivity contribution in [2.45, 2.75) is 96.2 Å². The summed E-state index contributed by atoms with van der Waals surface area (Å²) in [5, 5.41) is 3.23. The number of carbonyl (C=O) groups excluding carboxylic acids is 3. The van der Waals surface area contributed by atoms with E-state index in [0.29, 0.717) is 25.1 Å². The Kier molecular flexibility index (Phi) is 10.5. The Morgan fingerprint density at radius 2 is 1.81 bits per heavy atom.